The minimum Gasteiger partial charge on any atom is -0.343 e. The van der Waals surface area contributed by atoms with E-state index in [1.807, 2.05) is 49.4 Å². The van der Waals surface area contributed by atoms with Gasteiger partial charge in [-0.2, -0.15) is 0 Å². The number of nitrogens with one attached hydrogen (secondary N) is 3. The maximum absolute atomic E-state index is 14.2. The Morgan fingerprint density at radius 1 is 1.06 bits per heavy atom. The van der Waals surface area contributed by atoms with Crippen molar-refractivity contribution in [2.45, 2.75) is 70.5 Å². The molecule has 1 unspecified atom stereocenters. The monoisotopic (exact) mass is 477 g/mol. The lowest BCUT2D eigenvalue weighted by Crippen LogP contribution is -2.58. The van der Waals surface area contributed by atoms with Crippen LogP contribution in [0.5, 0.6) is 0 Å². The van der Waals surface area contributed by atoms with E-state index in [0.29, 0.717) is 24.5 Å². The van der Waals surface area contributed by atoms with Crippen LogP contribution in [0.2, 0.25) is 0 Å². The summed E-state index contributed by atoms with van der Waals surface area (Å²) in [6.07, 6.45) is 6.95. The Labute approximate surface area is 206 Å². The van der Waals surface area contributed by atoms with Gasteiger partial charge in [0.2, 0.25) is 11.8 Å². The van der Waals surface area contributed by atoms with Crippen molar-refractivity contribution in [3.8, 4) is 0 Å². The molecular formula is C27H35N5O3. The first-order chi connectivity index (χ1) is 17.0. The predicted octanol–water partition coefficient (Wildman–Crippen LogP) is 3.04. The van der Waals surface area contributed by atoms with Gasteiger partial charge in [-0.3, -0.25) is 19.3 Å². The number of aromatic nitrogens is 1. The van der Waals surface area contributed by atoms with E-state index < -0.39 is 18.1 Å². The molecule has 0 spiro atoms. The van der Waals surface area contributed by atoms with Crippen molar-refractivity contribution in [1.29, 1.82) is 0 Å². The van der Waals surface area contributed by atoms with Gasteiger partial charge in [-0.05, 0) is 56.0 Å². The molecule has 3 atom stereocenters. The largest absolute Gasteiger partial charge is 0.343 e. The zero-order valence-electron chi connectivity index (χ0n) is 20.5. The van der Waals surface area contributed by atoms with E-state index in [1.54, 1.807) is 13.1 Å². The summed E-state index contributed by atoms with van der Waals surface area (Å²) in [7, 11) is 0. The maximum atomic E-state index is 14.2. The second kappa shape index (κ2) is 11.4. The molecule has 1 saturated carbocycles. The Hall–Kier alpha value is -3.26. The van der Waals surface area contributed by atoms with Crippen molar-refractivity contribution >= 4 is 29.2 Å². The van der Waals surface area contributed by atoms with Crippen LogP contribution in [-0.4, -0.2) is 47.4 Å². The number of nitrogens with zero attached hydrogens (tertiary/aromatic N) is 2. The summed E-state index contributed by atoms with van der Waals surface area (Å²) < 4.78 is 0. The summed E-state index contributed by atoms with van der Waals surface area (Å²) in [5.41, 5.74) is 1.52. The molecule has 0 bridgehead atoms. The van der Waals surface area contributed by atoms with Crippen LogP contribution < -0.4 is 20.9 Å². The average Bonchev–Trinajstić information content (AvgIpc) is 3.28. The number of rotatable bonds is 8. The third-order valence-electron chi connectivity index (χ3n) is 6.99. The standard InChI is InChI=1S/C27H35N5O3/c1-3-28-18(2)25(33)31-23(19-11-6-4-7-12-19)27(35)32-22(17-20-13-10-16-29-24(20)32)26(34)30-21-14-8-5-9-15-21/h5,8-10,13-16,18-19,22-23,28H,3-4,6-7,11-12,17H2,1-2H3,(H,30,34)(H,31,33)/t18-,22?,23-/m0/s1. The van der Waals surface area contributed by atoms with Crippen molar-refractivity contribution in [2.75, 3.05) is 16.8 Å². The van der Waals surface area contributed by atoms with Gasteiger partial charge in [0.05, 0.1) is 6.04 Å². The van der Waals surface area contributed by atoms with Crippen molar-refractivity contribution in [2.24, 2.45) is 5.92 Å². The van der Waals surface area contributed by atoms with Crippen LogP contribution in [0.25, 0.3) is 0 Å². The number of likely N-dealkylation sites (N-methyl/N-ethyl adjacent to an activating group) is 1. The number of para-hydroxylation sites is 1. The van der Waals surface area contributed by atoms with Crippen molar-refractivity contribution < 1.29 is 14.4 Å². The quantitative estimate of drug-likeness (QED) is 0.542. The Bertz CT molecular complexity index is 1040. The summed E-state index contributed by atoms with van der Waals surface area (Å²) in [6.45, 7) is 4.39. The van der Waals surface area contributed by atoms with Crippen molar-refractivity contribution in [3.05, 3.63) is 54.2 Å². The normalized spacial score (nSPS) is 19.5. The summed E-state index contributed by atoms with van der Waals surface area (Å²) in [5.74, 6) is -0.210. The van der Waals surface area contributed by atoms with Crippen molar-refractivity contribution in [3.63, 3.8) is 0 Å². The van der Waals surface area contributed by atoms with Crippen LogP contribution in [0, 0.1) is 5.92 Å². The highest BCUT2D eigenvalue weighted by molar-refractivity contribution is 6.09. The molecule has 1 aromatic heterocycles. The fourth-order valence-corrected chi connectivity index (χ4v) is 5.14. The summed E-state index contributed by atoms with van der Waals surface area (Å²) in [6, 6.07) is 11.1. The maximum Gasteiger partial charge on any atom is 0.251 e. The van der Waals surface area contributed by atoms with E-state index in [1.165, 1.54) is 4.90 Å². The number of hydrogen-bond donors (Lipinski definition) is 3. The first-order valence-corrected chi connectivity index (χ1v) is 12.7. The van der Waals surface area contributed by atoms with E-state index in [4.69, 9.17) is 0 Å². The van der Waals surface area contributed by atoms with E-state index in [-0.39, 0.29) is 23.6 Å². The van der Waals surface area contributed by atoms with Crippen LogP contribution in [0.3, 0.4) is 0 Å². The first kappa shape index (κ1) is 24.9. The number of carbonyl (C=O) groups excluding carboxylic acids is 3. The number of benzene rings is 1. The molecule has 1 fully saturated rings. The van der Waals surface area contributed by atoms with E-state index >= 15 is 0 Å². The summed E-state index contributed by atoms with van der Waals surface area (Å²) in [5, 5.41) is 9.09. The van der Waals surface area contributed by atoms with Crippen LogP contribution in [0.4, 0.5) is 11.5 Å². The molecule has 0 saturated heterocycles. The van der Waals surface area contributed by atoms with E-state index in [0.717, 1.165) is 37.7 Å². The third-order valence-corrected chi connectivity index (χ3v) is 6.99. The third kappa shape index (κ3) is 5.70. The SMILES string of the molecule is CCN[C@@H](C)C(=O)N[C@H](C(=O)N1c2ncccc2CC1C(=O)Nc1ccccc1)C1CCCCC1. The Kier molecular flexibility index (Phi) is 8.13. The molecule has 186 valence electrons. The van der Waals surface area contributed by atoms with Crippen LogP contribution in [0.1, 0.15) is 51.5 Å². The molecular weight excluding hydrogens is 442 g/mol. The number of amides is 3. The molecule has 3 N–H and O–H groups in total. The van der Waals surface area contributed by atoms with Gasteiger partial charge in [0.15, 0.2) is 0 Å². The lowest BCUT2D eigenvalue weighted by atomic mass is 9.83. The lowest BCUT2D eigenvalue weighted by Gasteiger charge is -2.35. The molecule has 1 aliphatic carbocycles. The minimum atomic E-state index is -0.734. The molecule has 4 rings (SSSR count). The Morgan fingerprint density at radius 2 is 1.80 bits per heavy atom. The zero-order chi connectivity index (χ0) is 24.8. The molecule has 2 heterocycles. The van der Waals surface area contributed by atoms with Crippen LogP contribution >= 0.6 is 0 Å². The van der Waals surface area contributed by atoms with Gasteiger partial charge >= 0.3 is 0 Å². The highest BCUT2D eigenvalue weighted by Crippen LogP contribution is 2.34. The van der Waals surface area contributed by atoms with Crippen LogP contribution in [0.15, 0.2) is 48.7 Å². The van der Waals surface area contributed by atoms with Crippen LogP contribution in [-0.2, 0) is 20.8 Å². The smallest absolute Gasteiger partial charge is 0.251 e. The molecule has 1 aliphatic heterocycles. The molecule has 2 aromatic rings. The van der Waals surface area contributed by atoms with Gasteiger partial charge in [0, 0.05) is 18.3 Å². The number of pyridine rings is 1. The zero-order valence-corrected chi connectivity index (χ0v) is 20.5. The Balaban J connectivity index is 1.63. The van der Waals surface area contributed by atoms with E-state index in [2.05, 4.69) is 20.9 Å². The second-order valence-corrected chi connectivity index (χ2v) is 9.43. The summed E-state index contributed by atoms with van der Waals surface area (Å²) >= 11 is 0. The Morgan fingerprint density at radius 3 is 2.51 bits per heavy atom. The fourth-order valence-electron chi connectivity index (χ4n) is 5.14. The molecule has 0 radical (unpaired) electrons. The molecule has 8 nitrogen and oxygen atoms in total. The molecule has 1 aromatic carbocycles. The van der Waals surface area contributed by atoms with Gasteiger partial charge in [-0.1, -0.05) is 50.5 Å². The van der Waals surface area contributed by atoms with Gasteiger partial charge in [-0.15, -0.1) is 0 Å². The second-order valence-electron chi connectivity index (χ2n) is 9.43. The lowest BCUT2D eigenvalue weighted by molar-refractivity contribution is -0.131. The fraction of sp³-hybridized carbons (Fsp3) is 0.481. The van der Waals surface area contributed by atoms with Gasteiger partial charge in [0.1, 0.15) is 17.9 Å². The predicted molar refractivity (Wildman–Crippen MR) is 136 cm³/mol. The van der Waals surface area contributed by atoms with Gasteiger partial charge in [-0.25, -0.2) is 4.98 Å². The van der Waals surface area contributed by atoms with E-state index in [9.17, 15) is 14.4 Å². The average molecular weight is 478 g/mol. The molecule has 8 heteroatoms. The molecule has 3 amide bonds. The number of anilines is 2. The topological polar surface area (TPSA) is 103 Å². The van der Waals surface area contributed by atoms with Gasteiger partial charge in [0.25, 0.3) is 5.91 Å². The number of carbonyl (C=O) groups is 3. The first-order valence-electron chi connectivity index (χ1n) is 12.7. The molecule has 35 heavy (non-hydrogen) atoms. The van der Waals surface area contributed by atoms with Crippen molar-refractivity contribution in [1.82, 2.24) is 15.6 Å². The highest BCUT2D eigenvalue weighted by atomic mass is 16.2. The highest BCUT2D eigenvalue weighted by Gasteiger charge is 2.44. The number of fused-ring (bicyclic) bond motifs is 1. The van der Waals surface area contributed by atoms with Gasteiger partial charge < -0.3 is 16.0 Å². The molecule has 2 aliphatic rings. The summed E-state index contributed by atoms with van der Waals surface area (Å²) in [4.78, 5) is 46.5. The minimum absolute atomic E-state index is 0.0274. The number of hydrogen-bond acceptors (Lipinski definition) is 5.